The van der Waals surface area contributed by atoms with Crippen LogP contribution in [0.2, 0.25) is 0 Å². The first kappa shape index (κ1) is 20.0. The highest BCUT2D eigenvalue weighted by Crippen LogP contribution is 2.28. The summed E-state index contributed by atoms with van der Waals surface area (Å²) in [4.78, 5) is 28.6. The summed E-state index contributed by atoms with van der Waals surface area (Å²) in [6.07, 6.45) is 3.43. The van der Waals surface area contributed by atoms with Gasteiger partial charge in [-0.2, -0.15) is 0 Å². The van der Waals surface area contributed by atoms with Crippen molar-refractivity contribution in [1.29, 1.82) is 0 Å². The van der Waals surface area contributed by atoms with Gasteiger partial charge in [0, 0.05) is 41.4 Å². The van der Waals surface area contributed by atoms with E-state index >= 15 is 0 Å². The molecule has 2 aromatic heterocycles. The van der Waals surface area contributed by atoms with Crippen molar-refractivity contribution >= 4 is 29.3 Å². The minimum Gasteiger partial charge on any atom is -0.348 e. The molecule has 0 radical (unpaired) electrons. The Hall–Kier alpha value is -3.98. The van der Waals surface area contributed by atoms with E-state index in [9.17, 15) is 9.59 Å². The molecule has 1 aliphatic rings. The van der Waals surface area contributed by atoms with Gasteiger partial charge in [-0.25, -0.2) is 0 Å². The highest BCUT2D eigenvalue weighted by atomic mass is 32.2. The molecule has 2 amide bonds. The Morgan fingerprint density at radius 1 is 1.09 bits per heavy atom. The van der Waals surface area contributed by atoms with Crippen molar-refractivity contribution in [3.05, 3.63) is 84.2 Å². The minimum absolute atomic E-state index is 0.121. The fourth-order valence-electron chi connectivity index (χ4n) is 3.47. The molecule has 158 valence electrons. The van der Waals surface area contributed by atoms with Crippen molar-refractivity contribution < 1.29 is 9.59 Å². The summed E-state index contributed by atoms with van der Waals surface area (Å²) in [5.41, 5.74) is 3.84. The summed E-state index contributed by atoms with van der Waals surface area (Å²) in [6.45, 7) is 0.520. The zero-order chi connectivity index (χ0) is 21.9. The second-order valence-corrected chi connectivity index (χ2v) is 8.05. The summed E-state index contributed by atoms with van der Waals surface area (Å²) in [7, 11) is 0. The average molecular weight is 443 g/mol. The number of nitrogens with zero attached hydrogens (tertiary/aromatic N) is 4. The Balaban J connectivity index is 1.35. The van der Waals surface area contributed by atoms with Crippen molar-refractivity contribution in [1.82, 2.24) is 25.1 Å². The summed E-state index contributed by atoms with van der Waals surface area (Å²) >= 11 is 1.29. The van der Waals surface area contributed by atoms with Gasteiger partial charge in [-0.3, -0.25) is 19.1 Å². The molecule has 0 aliphatic carbocycles. The normalized spacial score (nSPS) is 12.3. The Kier molecular flexibility index (Phi) is 5.39. The fraction of sp³-hybridized carbons (Fsp3) is 0.0870. The molecule has 0 unspecified atom stereocenters. The van der Waals surface area contributed by atoms with E-state index in [1.165, 1.54) is 11.8 Å². The lowest BCUT2D eigenvalue weighted by Gasteiger charge is -2.10. The van der Waals surface area contributed by atoms with E-state index in [1.54, 1.807) is 24.5 Å². The lowest BCUT2D eigenvalue weighted by atomic mass is 10.1. The maximum absolute atomic E-state index is 12.6. The second-order valence-electron chi connectivity index (χ2n) is 7.11. The molecule has 8 nitrogen and oxygen atoms in total. The predicted octanol–water partition coefficient (Wildman–Crippen LogP) is 3.30. The number of para-hydroxylation sites is 1. The monoisotopic (exact) mass is 442 g/mol. The number of hydrogen-bond donors (Lipinski definition) is 2. The number of aromatic nitrogens is 4. The molecule has 0 fully saturated rings. The van der Waals surface area contributed by atoms with Gasteiger partial charge in [0.05, 0.1) is 5.75 Å². The van der Waals surface area contributed by atoms with Gasteiger partial charge in [0.1, 0.15) is 0 Å². The van der Waals surface area contributed by atoms with E-state index < -0.39 is 0 Å². The van der Waals surface area contributed by atoms with Crippen LogP contribution in [0, 0.1) is 0 Å². The second kappa shape index (κ2) is 8.64. The number of amides is 2. The molecule has 0 spiro atoms. The highest BCUT2D eigenvalue weighted by Gasteiger charge is 2.20. The first-order chi connectivity index (χ1) is 15.7. The number of pyridine rings is 1. The average Bonchev–Trinajstić information content (AvgIpc) is 3.42. The third kappa shape index (κ3) is 3.97. The van der Waals surface area contributed by atoms with Gasteiger partial charge in [-0.05, 0) is 42.0 Å². The maximum atomic E-state index is 12.6. The largest absolute Gasteiger partial charge is 0.348 e. The number of thioether (sulfide) groups is 1. The Bertz CT molecular complexity index is 1290. The van der Waals surface area contributed by atoms with Crippen LogP contribution in [0.25, 0.3) is 17.1 Å². The molecule has 0 bridgehead atoms. The number of rotatable bonds is 6. The van der Waals surface area contributed by atoms with Gasteiger partial charge in [0.2, 0.25) is 5.91 Å². The maximum Gasteiger partial charge on any atom is 0.251 e. The van der Waals surface area contributed by atoms with Crippen LogP contribution in [-0.2, 0) is 11.3 Å². The van der Waals surface area contributed by atoms with E-state index in [1.807, 2.05) is 53.1 Å². The molecule has 5 rings (SSSR count). The molecule has 2 aromatic carbocycles. The van der Waals surface area contributed by atoms with Crippen LogP contribution < -0.4 is 10.6 Å². The number of anilines is 1. The first-order valence-corrected chi connectivity index (χ1v) is 10.9. The Morgan fingerprint density at radius 3 is 2.78 bits per heavy atom. The summed E-state index contributed by atoms with van der Waals surface area (Å²) in [5.74, 6) is 0.474. The number of fused-ring (bicyclic) bond motifs is 1. The van der Waals surface area contributed by atoms with Gasteiger partial charge in [0.25, 0.3) is 5.91 Å². The van der Waals surface area contributed by atoms with Gasteiger partial charge < -0.3 is 10.6 Å². The molecular formula is C23H18N6O2S. The lowest BCUT2D eigenvalue weighted by Crippen LogP contribution is -2.15. The van der Waals surface area contributed by atoms with Crippen LogP contribution in [0.15, 0.2) is 78.2 Å². The third-order valence-electron chi connectivity index (χ3n) is 4.98. The molecule has 4 aromatic rings. The predicted molar refractivity (Wildman–Crippen MR) is 122 cm³/mol. The Labute approximate surface area is 188 Å². The third-order valence-corrected chi connectivity index (χ3v) is 5.91. The van der Waals surface area contributed by atoms with Gasteiger partial charge in [-0.1, -0.05) is 36.0 Å². The molecule has 1 aliphatic heterocycles. The van der Waals surface area contributed by atoms with Crippen molar-refractivity contribution in [2.24, 2.45) is 0 Å². The SMILES string of the molecule is O=C(CSc1nnc(-c2cccnc2)n1-c1ccccc1)Nc1ccc2c(c1)C(=O)NC2. The van der Waals surface area contributed by atoms with Crippen molar-refractivity contribution in [2.75, 3.05) is 11.1 Å². The number of carbonyl (C=O) groups is 2. The van der Waals surface area contributed by atoms with Crippen LogP contribution in [0.3, 0.4) is 0 Å². The highest BCUT2D eigenvalue weighted by molar-refractivity contribution is 7.99. The molecule has 3 heterocycles. The van der Waals surface area contributed by atoms with Gasteiger partial charge in [0.15, 0.2) is 11.0 Å². The number of hydrogen-bond acceptors (Lipinski definition) is 6. The van der Waals surface area contributed by atoms with Crippen LogP contribution in [-0.4, -0.2) is 37.3 Å². The van der Waals surface area contributed by atoms with Crippen LogP contribution in [0.5, 0.6) is 0 Å². The molecule has 2 N–H and O–H groups in total. The van der Waals surface area contributed by atoms with Crippen LogP contribution >= 0.6 is 11.8 Å². The molecule has 0 saturated heterocycles. The van der Waals surface area contributed by atoms with Crippen LogP contribution in [0.4, 0.5) is 5.69 Å². The summed E-state index contributed by atoms with van der Waals surface area (Å²) in [6, 6.07) is 18.9. The summed E-state index contributed by atoms with van der Waals surface area (Å²) < 4.78 is 1.91. The molecule has 0 atom stereocenters. The Morgan fingerprint density at radius 2 is 1.97 bits per heavy atom. The lowest BCUT2D eigenvalue weighted by molar-refractivity contribution is -0.113. The first-order valence-electron chi connectivity index (χ1n) is 9.94. The number of nitrogens with one attached hydrogen (secondary N) is 2. The van der Waals surface area contributed by atoms with Crippen molar-refractivity contribution in [3.8, 4) is 17.1 Å². The molecular weight excluding hydrogens is 424 g/mol. The van der Waals surface area contributed by atoms with Gasteiger partial charge >= 0.3 is 0 Å². The zero-order valence-corrected chi connectivity index (χ0v) is 17.7. The van der Waals surface area contributed by atoms with Crippen molar-refractivity contribution in [3.63, 3.8) is 0 Å². The van der Waals surface area contributed by atoms with Crippen molar-refractivity contribution in [2.45, 2.75) is 11.7 Å². The van der Waals surface area contributed by atoms with E-state index in [0.717, 1.165) is 16.8 Å². The number of carbonyl (C=O) groups excluding carboxylic acids is 2. The molecule has 9 heteroatoms. The molecule has 0 saturated carbocycles. The quantitative estimate of drug-likeness (QED) is 0.444. The van der Waals surface area contributed by atoms with Gasteiger partial charge in [-0.15, -0.1) is 10.2 Å². The van der Waals surface area contributed by atoms with E-state index in [2.05, 4.69) is 25.8 Å². The van der Waals surface area contributed by atoms with Crippen LogP contribution in [0.1, 0.15) is 15.9 Å². The standard InChI is InChI=1S/C23H18N6O2S/c30-20(26-17-9-8-15-13-25-22(31)19(15)11-17)14-32-23-28-27-21(16-5-4-10-24-12-16)29(23)18-6-2-1-3-7-18/h1-12H,13-14H2,(H,25,31)(H,26,30). The van der Waals surface area contributed by atoms with E-state index in [4.69, 9.17) is 0 Å². The zero-order valence-electron chi connectivity index (χ0n) is 16.9. The molecule has 32 heavy (non-hydrogen) atoms. The van der Waals surface area contributed by atoms with E-state index in [0.29, 0.717) is 28.8 Å². The topological polar surface area (TPSA) is 102 Å². The van der Waals surface area contributed by atoms with E-state index in [-0.39, 0.29) is 17.6 Å². The fourth-order valence-corrected chi connectivity index (χ4v) is 4.22. The smallest absolute Gasteiger partial charge is 0.251 e. The minimum atomic E-state index is -0.195. The summed E-state index contributed by atoms with van der Waals surface area (Å²) in [5, 5.41) is 14.9. The number of benzene rings is 2.